The van der Waals surface area contributed by atoms with Gasteiger partial charge >= 0.3 is 0 Å². The maximum absolute atomic E-state index is 12.2. The second kappa shape index (κ2) is 7.60. The Labute approximate surface area is 141 Å². The summed E-state index contributed by atoms with van der Waals surface area (Å²) >= 11 is 0. The Morgan fingerprint density at radius 3 is 2.92 bits per heavy atom. The third-order valence-corrected chi connectivity index (χ3v) is 4.33. The minimum absolute atomic E-state index is 0.212. The highest BCUT2D eigenvalue weighted by Gasteiger charge is 2.29. The normalized spacial score (nSPS) is 16.9. The Kier molecular flexibility index (Phi) is 5.07. The average Bonchev–Trinajstić information content (AvgIpc) is 2.99. The zero-order chi connectivity index (χ0) is 16.8. The van der Waals surface area contributed by atoms with Crippen molar-refractivity contribution >= 4 is 11.6 Å². The molecule has 1 unspecified atom stereocenters. The minimum Gasteiger partial charge on any atom is -0.382 e. The molecular weight excluding hydrogens is 300 g/mol. The fourth-order valence-electron chi connectivity index (χ4n) is 3.00. The number of aromatic nitrogens is 1. The van der Waals surface area contributed by atoms with Crippen molar-refractivity contribution in [3.8, 4) is 6.07 Å². The predicted octanol–water partition coefficient (Wildman–Crippen LogP) is 2.46. The van der Waals surface area contributed by atoms with Gasteiger partial charge in [-0.2, -0.15) is 5.26 Å². The van der Waals surface area contributed by atoms with Crippen LogP contribution in [-0.2, 0) is 11.2 Å². The van der Waals surface area contributed by atoms with Crippen molar-refractivity contribution in [3.05, 3.63) is 59.9 Å². The molecule has 0 bridgehead atoms. The van der Waals surface area contributed by atoms with Crippen LogP contribution in [0.5, 0.6) is 0 Å². The zero-order valence-electron chi connectivity index (χ0n) is 13.5. The lowest BCUT2D eigenvalue weighted by Crippen LogP contribution is -2.28. The molecule has 0 radical (unpaired) electrons. The summed E-state index contributed by atoms with van der Waals surface area (Å²) in [5, 5.41) is 12.3. The molecule has 1 aliphatic rings. The number of rotatable bonds is 6. The van der Waals surface area contributed by atoms with E-state index >= 15 is 0 Å². The number of nitrogens with zero attached hydrogens (tertiary/aromatic N) is 3. The second-order valence-corrected chi connectivity index (χ2v) is 6.06. The van der Waals surface area contributed by atoms with Crippen LogP contribution in [0.15, 0.2) is 48.8 Å². The van der Waals surface area contributed by atoms with Gasteiger partial charge in [0.1, 0.15) is 6.07 Å². The molecule has 2 heterocycles. The van der Waals surface area contributed by atoms with Gasteiger partial charge in [-0.15, -0.1) is 0 Å². The van der Waals surface area contributed by atoms with Gasteiger partial charge < -0.3 is 10.2 Å². The molecule has 1 aliphatic heterocycles. The van der Waals surface area contributed by atoms with Crippen LogP contribution in [0.1, 0.15) is 17.5 Å². The fourth-order valence-corrected chi connectivity index (χ4v) is 3.00. The summed E-state index contributed by atoms with van der Waals surface area (Å²) in [6.07, 6.45) is 4.70. The molecule has 24 heavy (non-hydrogen) atoms. The molecule has 0 aliphatic carbocycles. The molecule has 0 saturated carbocycles. The number of benzene rings is 1. The van der Waals surface area contributed by atoms with E-state index < -0.39 is 0 Å². The van der Waals surface area contributed by atoms with E-state index in [4.69, 9.17) is 5.26 Å². The molecule has 0 spiro atoms. The van der Waals surface area contributed by atoms with Crippen molar-refractivity contribution in [1.29, 1.82) is 5.26 Å². The maximum Gasteiger partial charge on any atom is 0.223 e. The number of nitriles is 1. The first-order valence-corrected chi connectivity index (χ1v) is 8.16. The average molecular weight is 320 g/mol. The third kappa shape index (κ3) is 3.90. The van der Waals surface area contributed by atoms with Crippen molar-refractivity contribution in [2.75, 3.05) is 25.0 Å². The van der Waals surface area contributed by atoms with Gasteiger partial charge in [0.05, 0.1) is 17.4 Å². The molecule has 3 rings (SSSR count). The van der Waals surface area contributed by atoms with Crippen LogP contribution in [0.2, 0.25) is 0 Å². The van der Waals surface area contributed by atoms with Gasteiger partial charge in [0, 0.05) is 38.2 Å². The number of carbonyl (C=O) groups is 1. The summed E-state index contributed by atoms with van der Waals surface area (Å²) in [5.74, 6) is 0.476. The number of carbonyl (C=O) groups excluding carboxylic acids is 1. The van der Waals surface area contributed by atoms with E-state index in [0.29, 0.717) is 18.5 Å². The monoisotopic (exact) mass is 320 g/mol. The Morgan fingerprint density at radius 2 is 2.12 bits per heavy atom. The predicted molar refractivity (Wildman–Crippen MR) is 92.3 cm³/mol. The first kappa shape index (κ1) is 16.0. The van der Waals surface area contributed by atoms with Crippen molar-refractivity contribution in [1.82, 2.24) is 9.88 Å². The molecule has 1 aromatic carbocycles. The summed E-state index contributed by atoms with van der Waals surface area (Å²) in [6, 6.07) is 14.1. The van der Waals surface area contributed by atoms with E-state index in [0.717, 1.165) is 25.2 Å². The number of hydrogen-bond donors (Lipinski definition) is 1. The topological polar surface area (TPSA) is 69.0 Å². The Hall–Kier alpha value is -2.87. The van der Waals surface area contributed by atoms with Crippen molar-refractivity contribution in [3.63, 3.8) is 0 Å². The first-order valence-electron chi connectivity index (χ1n) is 8.16. The summed E-state index contributed by atoms with van der Waals surface area (Å²) in [7, 11) is 0. The summed E-state index contributed by atoms with van der Waals surface area (Å²) < 4.78 is 0. The summed E-state index contributed by atoms with van der Waals surface area (Å²) in [6.45, 7) is 2.20. The Balaban J connectivity index is 1.50. The number of anilines is 1. The van der Waals surface area contributed by atoms with E-state index in [-0.39, 0.29) is 11.8 Å². The van der Waals surface area contributed by atoms with Crippen LogP contribution in [-0.4, -0.2) is 35.4 Å². The fraction of sp³-hybridized carbons (Fsp3) is 0.316. The molecule has 5 nitrogen and oxygen atoms in total. The molecule has 1 aromatic heterocycles. The van der Waals surface area contributed by atoms with Gasteiger partial charge in [-0.1, -0.05) is 30.3 Å². The second-order valence-electron chi connectivity index (χ2n) is 6.06. The Morgan fingerprint density at radius 1 is 1.29 bits per heavy atom. The highest BCUT2D eigenvalue weighted by molar-refractivity contribution is 5.78. The highest BCUT2D eigenvalue weighted by atomic mass is 16.2. The van der Waals surface area contributed by atoms with Crippen LogP contribution in [0.25, 0.3) is 0 Å². The Bertz CT molecular complexity index is 739. The third-order valence-electron chi connectivity index (χ3n) is 4.33. The van der Waals surface area contributed by atoms with Crippen LogP contribution < -0.4 is 5.32 Å². The molecule has 5 heteroatoms. The zero-order valence-corrected chi connectivity index (χ0v) is 13.5. The van der Waals surface area contributed by atoms with Gasteiger partial charge in [-0.05, 0) is 18.1 Å². The molecule has 1 fully saturated rings. The van der Waals surface area contributed by atoms with E-state index in [9.17, 15) is 4.79 Å². The first-order chi connectivity index (χ1) is 11.8. The van der Waals surface area contributed by atoms with Gasteiger partial charge in [-0.3, -0.25) is 9.78 Å². The van der Waals surface area contributed by atoms with Gasteiger partial charge in [0.2, 0.25) is 5.91 Å². The summed E-state index contributed by atoms with van der Waals surface area (Å²) in [4.78, 5) is 18.2. The van der Waals surface area contributed by atoms with Gasteiger partial charge in [0.25, 0.3) is 0 Å². The molecule has 1 atom stereocenters. The van der Waals surface area contributed by atoms with E-state index in [1.165, 1.54) is 5.56 Å². The molecular formula is C19H20N4O. The van der Waals surface area contributed by atoms with Crippen molar-refractivity contribution in [2.24, 2.45) is 5.92 Å². The number of hydrogen-bond acceptors (Lipinski definition) is 4. The lowest BCUT2D eigenvalue weighted by Gasteiger charge is -2.17. The van der Waals surface area contributed by atoms with Crippen LogP contribution >= 0.6 is 0 Å². The number of likely N-dealkylation sites (tertiary alicyclic amines) is 1. The number of nitrogens with one attached hydrogen (secondary N) is 1. The molecule has 122 valence electrons. The number of amides is 1. The van der Waals surface area contributed by atoms with E-state index in [1.54, 1.807) is 18.5 Å². The molecule has 1 saturated heterocycles. The van der Waals surface area contributed by atoms with Gasteiger partial charge in [-0.25, -0.2) is 0 Å². The molecule has 1 N–H and O–H groups in total. The largest absolute Gasteiger partial charge is 0.382 e. The quantitative estimate of drug-likeness (QED) is 0.887. The van der Waals surface area contributed by atoms with Crippen LogP contribution in [0.3, 0.4) is 0 Å². The van der Waals surface area contributed by atoms with Crippen molar-refractivity contribution in [2.45, 2.75) is 12.8 Å². The van der Waals surface area contributed by atoms with E-state index in [2.05, 4.69) is 28.5 Å². The lowest BCUT2D eigenvalue weighted by molar-refractivity contribution is -0.127. The van der Waals surface area contributed by atoms with Crippen LogP contribution in [0, 0.1) is 17.2 Å². The van der Waals surface area contributed by atoms with E-state index in [1.807, 2.05) is 23.1 Å². The minimum atomic E-state index is 0.212. The van der Waals surface area contributed by atoms with Gasteiger partial charge in [0.15, 0.2) is 0 Å². The standard InChI is InChI=1S/C19H20N4O/c20-11-17-6-8-21-13-18(17)22-12-16-10-19(24)23(14-16)9-7-15-4-2-1-3-5-15/h1-6,8,13,16,22H,7,9-10,12,14H2. The van der Waals surface area contributed by atoms with Crippen molar-refractivity contribution < 1.29 is 4.79 Å². The number of pyridine rings is 1. The SMILES string of the molecule is N#Cc1ccncc1NCC1CC(=O)N(CCc2ccccc2)C1. The smallest absolute Gasteiger partial charge is 0.223 e. The summed E-state index contributed by atoms with van der Waals surface area (Å²) in [5.41, 5.74) is 2.56. The highest BCUT2D eigenvalue weighted by Crippen LogP contribution is 2.20. The lowest BCUT2D eigenvalue weighted by atomic mass is 10.1. The van der Waals surface area contributed by atoms with Crippen LogP contribution in [0.4, 0.5) is 5.69 Å². The molecule has 1 amide bonds. The maximum atomic E-state index is 12.2. The molecule has 2 aromatic rings.